The van der Waals surface area contributed by atoms with Gasteiger partial charge in [0.25, 0.3) is 0 Å². The SMILES string of the molecule is CC[C@@]1(c2ccc(NC(=O)C(=O)NC[C@H](C)O)cc2)CCC(=O)NC1=O. The predicted molar refractivity (Wildman–Crippen MR) is 94.1 cm³/mol. The van der Waals surface area contributed by atoms with E-state index in [2.05, 4.69) is 16.0 Å². The molecule has 1 saturated heterocycles. The highest BCUT2D eigenvalue weighted by Gasteiger charge is 2.42. The molecular weight excluding hydrogens is 338 g/mol. The van der Waals surface area contributed by atoms with E-state index < -0.39 is 23.3 Å². The summed E-state index contributed by atoms with van der Waals surface area (Å²) in [6.45, 7) is 3.37. The van der Waals surface area contributed by atoms with Crippen molar-refractivity contribution in [2.24, 2.45) is 0 Å². The first-order valence-corrected chi connectivity index (χ1v) is 8.50. The summed E-state index contributed by atoms with van der Waals surface area (Å²) in [4.78, 5) is 47.2. The average molecular weight is 361 g/mol. The molecule has 1 fully saturated rings. The van der Waals surface area contributed by atoms with E-state index in [4.69, 9.17) is 5.11 Å². The van der Waals surface area contributed by atoms with Crippen molar-refractivity contribution in [3.8, 4) is 0 Å². The third-order valence-electron chi connectivity index (χ3n) is 4.53. The number of benzene rings is 1. The summed E-state index contributed by atoms with van der Waals surface area (Å²) in [5.74, 6) is -2.27. The van der Waals surface area contributed by atoms with Crippen molar-refractivity contribution in [1.29, 1.82) is 0 Å². The van der Waals surface area contributed by atoms with Gasteiger partial charge in [-0.2, -0.15) is 0 Å². The van der Waals surface area contributed by atoms with E-state index >= 15 is 0 Å². The van der Waals surface area contributed by atoms with Crippen molar-refractivity contribution in [2.45, 2.75) is 44.6 Å². The maximum Gasteiger partial charge on any atom is 0.313 e. The maximum absolute atomic E-state index is 12.4. The van der Waals surface area contributed by atoms with Crippen LogP contribution in [0.1, 0.15) is 38.7 Å². The molecule has 0 aromatic heterocycles. The number of aliphatic hydroxyl groups excluding tert-OH is 1. The van der Waals surface area contributed by atoms with Crippen LogP contribution in [0.2, 0.25) is 0 Å². The van der Waals surface area contributed by atoms with Gasteiger partial charge in [-0.15, -0.1) is 0 Å². The van der Waals surface area contributed by atoms with Crippen LogP contribution in [0.5, 0.6) is 0 Å². The lowest BCUT2D eigenvalue weighted by Crippen LogP contribution is -2.51. The van der Waals surface area contributed by atoms with Crippen molar-refractivity contribution in [2.75, 3.05) is 11.9 Å². The highest BCUT2D eigenvalue weighted by molar-refractivity contribution is 6.39. The highest BCUT2D eigenvalue weighted by atomic mass is 16.3. The molecule has 140 valence electrons. The molecule has 2 atom stereocenters. The molecule has 4 N–H and O–H groups in total. The van der Waals surface area contributed by atoms with E-state index in [9.17, 15) is 19.2 Å². The zero-order valence-electron chi connectivity index (χ0n) is 14.8. The Labute approximate surface area is 151 Å². The fourth-order valence-corrected chi connectivity index (χ4v) is 2.95. The van der Waals surface area contributed by atoms with Gasteiger partial charge < -0.3 is 15.7 Å². The van der Waals surface area contributed by atoms with Gasteiger partial charge in [-0.05, 0) is 37.5 Å². The largest absolute Gasteiger partial charge is 0.392 e. The lowest BCUT2D eigenvalue weighted by atomic mass is 9.72. The van der Waals surface area contributed by atoms with Gasteiger partial charge in [0, 0.05) is 18.7 Å². The van der Waals surface area contributed by atoms with Gasteiger partial charge in [0.2, 0.25) is 11.8 Å². The molecule has 1 aliphatic heterocycles. The minimum absolute atomic E-state index is 0.0158. The van der Waals surface area contributed by atoms with Crippen LogP contribution in [0.25, 0.3) is 0 Å². The van der Waals surface area contributed by atoms with Crippen LogP contribution in [0.4, 0.5) is 5.69 Å². The molecule has 1 aromatic carbocycles. The lowest BCUT2D eigenvalue weighted by molar-refractivity contribution is -0.138. The summed E-state index contributed by atoms with van der Waals surface area (Å²) >= 11 is 0. The first kappa shape index (κ1) is 19.6. The van der Waals surface area contributed by atoms with Crippen molar-refractivity contribution >= 4 is 29.3 Å². The topological polar surface area (TPSA) is 125 Å². The van der Waals surface area contributed by atoms with Crippen LogP contribution >= 0.6 is 0 Å². The number of nitrogens with one attached hydrogen (secondary N) is 3. The third kappa shape index (κ3) is 4.26. The second-order valence-electron chi connectivity index (χ2n) is 6.40. The quantitative estimate of drug-likeness (QED) is 0.441. The number of hydrogen-bond donors (Lipinski definition) is 4. The molecule has 0 spiro atoms. The third-order valence-corrected chi connectivity index (χ3v) is 4.53. The Morgan fingerprint density at radius 3 is 2.42 bits per heavy atom. The summed E-state index contributed by atoms with van der Waals surface area (Å²) < 4.78 is 0. The fraction of sp³-hybridized carbons (Fsp3) is 0.444. The summed E-state index contributed by atoms with van der Waals surface area (Å²) in [6.07, 6.45) is 0.507. The van der Waals surface area contributed by atoms with Gasteiger partial charge in [0.15, 0.2) is 0 Å². The molecule has 0 aliphatic carbocycles. The van der Waals surface area contributed by atoms with Crippen LogP contribution in [-0.2, 0) is 24.6 Å². The predicted octanol–water partition coefficient (Wildman–Crippen LogP) is 0.206. The minimum atomic E-state index is -0.843. The Balaban J connectivity index is 2.08. The van der Waals surface area contributed by atoms with Crippen molar-refractivity contribution < 1.29 is 24.3 Å². The second kappa shape index (κ2) is 8.09. The molecule has 26 heavy (non-hydrogen) atoms. The Morgan fingerprint density at radius 1 is 1.23 bits per heavy atom. The Kier molecular flexibility index (Phi) is 6.10. The zero-order valence-corrected chi connectivity index (χ0v) is 14.8. The number of carbonyl (C=O) groups is 4. The molecule has 1 heterocycles. The van der Waals surface area contributed by atoms with Crippen molar-refractivity contribution in [1.82, 2.24) is 10.6 Å². The Morgan fingerprint density at radius 2 is 1.88 bits per heavy atom. The van der Waals surface area contributed by atoms with E-state index in [-0.39, 0.29) is 24.8 Å². The molecule has 1 aromatic rings. The van der Waals surface area contributed by atoms with E-state index in [1.165, 1.54) is 6.92 Å². The number of imide groups is 1. The van der Waals surface area contributed by atoms with Gasteiger partial charge >= 0.3 is 11.8 Å². The monoisotopic (exact) mass is 361 g/mol. The van der Waals surface area contributed by atoms with Gasteiger partial charge in [-0.25, -0.2) is 0 Å². The molecular formula is C18H23N3O5. The number of amides is 4. The first-order valence-electron chi connectivity index (χ1n) is 8.50. The summed E-state index contributed by atoms with van der Waals surface area (Å²) in [7, 11) is 0. The van der Waals surface area contributed by atoms with Gasteiger partial charge in [-0.3, -0.25) is 24.5 Å². The molecule has 1 aliphatic rings. The smallest absolute Gasteiger partial charge is 0.313 e. The molecule has 8 nitrogen and oxygen atoms in total. The fourth-order valence-electron chi connectivity index (χ4n) is 2.95. The van der Waals surface area contributed by atoms with Crippen LogP contribution in [0.15, 0.2) is 24.3 Å². The van der Waals surface area contributed by atoms with Gasteiger partial charge in [0.05, 0.1) is 11.5 Å². The number of aliphatic hydroxyl groups is 1. The van der Waals surface area contributed by atoms with Crippen LogP contribution < -0.4 is 16.0 Å². The normalized spacial score (nSPS) is 20.9. The average Bonchev–Trinajstić information content (AvgIpc) is 2.61. The Hall–Kier alpha value is -2.74. The number of carbonyl (C=O) groups excluding carboxylic acids is 4. The highest BCUT2D eigenvalue weighted by Crippen LogP contribution is 2.36. The standard InChI is InChI=1S/C18H23N3O5/c1-3-18(9-8-14(23)21-17(18)26)12-4-6-13(7-5-12)20-16(25)15(24)19-10-11(2)22/h4-7,11,22H,3,8-10H2,1-2H3,(H,19,24)(H,20,25)(H,21,23,26)/t11-,18-/m0/s1. The van der Waals surface area contributed by atoms with Crippen LogP contribution in [0.3, 0.4) is 0 Å². The summed E-state index contributed by atoms with van der Waals surface area (Å²) in [5.41, 5.74) is 0.386. The van der Waals surface area contributed by atoms with Crippen LogP contribution in [-0.4, -0.2) is 41.4 Å². The van der Waals surface area contributed by atoms with E-state index in [0.29, 0.717) is 18.5 Å². The second-order valence-corrected chi connectivity index (χ2v) is 6.40. The summed E-state index contributed by atoms with van der Waals surface area (Å²) in [6, 6.07) is 6.64. The Bertz CT molecular complexity index is 714. The molecule has 0 saturated carbocycles. The van der Waals surface area contributed by atoms with Crippen LogP contribution in [0, 0.1) is 0 Å². The molecule has 2 rings (SSSR count). The minimum Gasteiger partial charge on any atom is -0.392 e. The molecule has 0 radical (unpaired) electrons. The first-order chi connectivity index (χ1) is 12.3. The van der Waals surface area contributed by atoms with E-state index in [0.717, 1.165) is 5.56 Å². The maximum atomic E-state index is 12.4. The molecule has 0 unspecified atom stereocenters. The molecule has 0 bridgehead atoms. The molecule has 4 amide bonds. The lowest BCUT2D eigenvalue weighted by Gasteiger charge is -2.35. The van der Waals surface area contributed by atoms with Crippen molar-refractivity contribution in [3.63, 3.8) is 0 Å². The van der Waals surface area contributed by atoms with Gasteiger partial charge in [0.1, 0.15) is 0 Å². The van der Waals surface area contributed by atoms with Gasteiger partial charge in [-0.1, -0.05) is 19.1 Å². The number of hydrogen-bond acceptors (Lipinski definition) is 5. The van der Waals surface area contributed by atoms with Crippen molar-refractivity contribution in [3.05, 3.63) is 29.8 Å². The number of rotatable bonds is 5. The molecule has 8 heteroatoms. The zero-order chi connectivity index (χ0) is 19.3. The van der Waals surface area contributed by atoms with E-state index in [1.54, 1.807) is 24.3 Å². The number of piperidine rings is 1. The van der Waals surface area contributed by atoms with E-state index in [1.807, 2.05) is 6.92 Å². The summed E-state index contributed by atoms with van der Waals surface area (Å²) in [5, 5.41) is 16.3. The number of anilines is 1.